The summed E-state index contributed by atoms with van der Waals surface area (Å²) in [4.78, 5) is 23.6. The lowest BCUT2D eigenvalue weighted by molar-refractivity contribution is -0.148. The lowest BCUT2D eigenvalue weighted by atomic mass is 9.94. The van der Waals surface area contributed by atoms with E-state index >= 15 is 0 Å². The number of nitrogens with zero attached hydrogens (tertiary/aromatic N) is 1. The van der Waals surface area contributed by atoms with E-state index in [9.17, 15) is 23.1 Å². The number of hydrogen-bond donors (Lipinski definition) is 2. The summed E-state index contributed by atoms with van der Waals surface area (Å²) in [5.74, 6) is -2.06. The summed E-state index contributed by atoms with van der Waals surface area (Å²) >= 11 is 0. The molecule has 2 aliphatic heterocycles. The summed E-state index contributed by atoms with van der Waals surface area (Å²) in [6, 6.07) is 0. The first-order chi connectivity index (χ1) is 9.74. The maximum atomic E-state index is 12.3. The summed E-state index contributed by atoms with van der Waals surface area (Å²) in [5.41, 5.74) is -1.38. The fourth-order valence-electron chi connectivity index (χ4n) is 2.68. The Morgan fingerprint density at radius 1 is 1.43 bits per heavy atom. The van der Waals surface area contributed by atoms with E-state index in [-0.39, 0.29) is 26.2 Å². The third kappa shape index (κ3) is 3.53. The molecule has 0 aromatic rings. The fraction of sp³-hybridized carbons (Fsp3) is 0.833. The van der Waals surface area contributed by atoms with Gasteiger partial charge in [-0.2, -0.15) is 0 Å². The second kappa shape index (κ2) is 5.90. The van der Waals surface area contributed by atoms with Crippen molar-refractivity contribution in [1.29, 1.82) is 0 Å². The normalized spacial score (nSPS) is 31.0. The number of rotatable bonds is 4. The van der Waals surface area contributed by atoms with Crippen LogP contribution in [0.4, 0.5) is 0 Å². The molecule has 8 nitrogen and oxygen atoms in total. The van der Waals surface area contributed by atoms with Gasteiger partial charge in [0.1, 0.15) is 0 Å². The molecule has 2 atom stereocenters. The molecule has 2 fully saturated rings. The van der Waals surface area contributed by atoms with Gasteiger partial charge in [-0.15, -0.1) is 0 Å². The SMILES string of the molecule is CS(=O)(=O)N1CCCC(C(=O)NC2(C(=O)O)CCOC2)C1. The maximum Gasteiger partial charge on any atom is 0.331 e. The summed E-state index contributed by atoms with van der Waals surface area (Å²) in [5, 5.41) is 11.8. The van der Waals surface area contributed by atoms with E-state index in [2.05, 4.69) is 5.32 Å². The van der Waals surface area contributed by atoms with Gasteiger partial charge in [-0.1, -0.05) is 0 Å². The zero-order valence-corrected chi connectivity index (χ0v) is 12.7. The molecule has 0 aromatic carbocycles. The first-order valence-corrected chi connectivity index (χ1v) is 8.68. The van der Waals surface area contributed by atoms with Gasteiger partial charge in [-0.3, -0.25) is 4.79 Å². The third-order valence-corrected chi connectivity index (χ3v) is 5.29. The van der Waals surface area contributed by atoms with E-state index in [0.29, 0.717) is 19.4 Å². The second-order valence-corrected chi connectivity index (χ2v) is 7.62. The first-order valence-electron chi connectivity index (χ1n) is 6.83. The van der Waals surface area contributed by atoms with Gasteiger partial charge in [0.15, 0.2) is 5.54 Å². The predicted molar refractivity (Wildman–Crippen MR) is 73.1 cm³/mol. The van der Waals surface area contributed by atoms with E-state index in [1.165, 1.54) is 4.31 Å². The largest absolute Gasteiger partial charge is 0.479 e. The molecule has 0 saturated carbocycles. The van der Waals surface area contributed by atoms with Crippen LogP contribution in [-0.2, 0) is 24.3 Å². The molecule has 0 spiro atoms. The highest BCUT2D eigenvalue weighted by molar-refractivity contribution is 7.88. The van der Waals surface area contributed by atoms with Crippen molar-refractivity contribution in [2.24, 2.45) is 5.92 Å². The Labute approximate surface area is 123 Å². The zero-order chi connectivity index (χ0) is 15.7. The van der Waals surface area contributed by atoms with Crippen molar-refractivity contribution in [3.8, 4) is 0 Å². The number of carbonyl (C=O) groups excluding carboxylic acids is 1. The average Bonchev–Trinajstić information content (AvgIpc) is 2.88. The minimum absolute atomic E-state index is 0.0589. The Balaban J connectivity index is 2.04. The Morgan fingerprint density at radius 2 is 2.14 bits per heavy atom. The highest BCUT2D eigenvalue weighted by atomic mass is 32.2. The molecule has 2 saturated heterocycles. The van der Waals surface area contributed by atoms with E-state index in [0.717, 1.165) is 6.26 Å². The summed E-state index contributed by atoms with van der Waals surface area (Å²) in [6.45, 7) is 0.723. The second-order valence-electron chi connectivity index (χ2n) is 5.64. The molecular weight excluding hydrogens is 300 g/mol. The Hall–Kier alpha value is -1.19. The van der Waals surface area contributed by atoms with Crippen molar-refractivity contribution in [2.75, 3.05) is 32.6 Å². The van der Waals surface area contributed by atoms with Gasteiger partial charge in [0, 0.05) is 26.1 Å². The van der Waals surface area contributed by atoms with Crippen molar-refractivity contribution in [2.45, 2.75) is 24.8 Å². The van der Waals surface area contributed by atoms with Crippen LogP contribution in [0.5, 0.6) is 0 Å². The van der Waals surface area contributed by atoms with Crippen LogP contribution < -0.4 is 5.32 Å². The number of piperidine rings is 1. The molecule has 120 valence electrons. The first kappa shape index (κ1) is 16.2. The van der Waals surface area contributed by atoms with Crippen LogP contribution in [0.1, 0.15) is 19.3 Å². The van der Waals surface area contributed by atoms with Crippen molar-refractivity contribution in [3.63, 3.8) is 0 Å². The monoisotopic (exact) mass is 320 g/mol. The molecule has 2 N–H and O–H groups in total. The molecule has 2 rings (SSSR count). The molecule has 21 heavy (non-hydrogen) atoms. The number of carboxylic acid groups (broad SMARTS) is 1. The van der Waals surface area contributed by atoms with E-state index in [1.807, 2.05) is 0 Å². The maximum absolute atomic E-state index is 12.3. The van der Waals surface area contributed by atoms with Gasteiger partial charge in [0.2, 0.25) is 15.9 Å². The molecule has 1 amide bonds. The van der Waals surface area contributed by atoms with E-state index < -0.39 is 33.4 Å². The van der Waals surface area contributed by atoms with Crippen molar-refractivity contribution < 1.29 is 27.9 Å². The molecule has 0 aromatic heterocycles. The number of ether oxygens (including phenoxy) is 1. The number of aliphatic carboxylic acids is 1. The van der Waals surface area contributed by atoms with Crippen LogP contribution in [0.25, 0.3) is 0 Å². The molecule has 0 aliphatic carbocycles. The molecule has 0 bridgehead atoms. The molecule has 2 unspecified atom stereocenters. The topological polar surface area (TPSA) is 113 Å². The van der Waals surface area contributed by atoms with Crippen LogP contribution in [-0.4, -0.2) is 67.8 Å². The zero-order valence-electron chi connectivity index (χ0n) is 11.9. The van der Waals surface area contributed by atoms with Gasteiger partial charge < -0.3 is 15.2 Å². The average molecular weight is 320 g/mol. The van der Waals surface area contributed by atoms with Gasteiger partial charge in [0.25, 0.3) is 0 Å². The molecule has 0 radical (unpaired) electrons. The lowest BCUT2D eigenvalue weighted by Crippen LogP contribution is -2.58. The summed E-state index contributed by atoms with van der Waals surface area (Å²) in [7, 11) is -3.34. The number of amides is 1. The van der Waals surface area contributed by atoms with Crippen molar-refractivity contribution in [3.05, 3.63) is 0 Å². The number of carbonyl (C=O) groups is 2. The standard InChI is InChI=1S/C12H20N2O6S/c1-21(18,19)14-5-2-3-9(7-14)10(15)13-12(11(16)17)4-6-20-8-12/h9H,2-8H2,1H3,(H,13,15)(H,16,17). The molecule has 2 heterocycles. The summed E-state index contributed by atoms with van der Waals surface area (Å²) in [6.07, 6.45) is 2.46. The van der Waals surface area contributed by atoms with Crippen LogP contribution in [0, 0.1) is 5.92 Å². The Bertz CT molecular complexity index is 526. The number of carboxylic acids is 1. The highest BCUT2D eigenvalue weighted by Crippen LogP contribution is 2.23. The van der Waals surface area contributed by atoms with Gasteiger partial charge in [-0.05, 0) is 12.8 Å². The van der Waals surface area contributed by atoms with E-state index in [4.69, 9.17) is 4.74 Å². The number of sulfonamides is 1. The minimum Gasteiger partial charge on any atom is -0.479 e. The van der Waals surface area contributed by atoms with E-state index in [1.54, 1.807) is 0 Å². The fourth-order valence-corrected chi connectivity index (χ4v) is 3.59. The Morgan fingerprint density at radius 3 is 2.67 bits per heavy atom. The van der Waals surface area contributed by atoms with Crippen molar-refractivity contribution in [1.82, 2.24) is 9.62 Å². The smallest absolute Gasteiger partial charge is 0.331 e. The number of hydrogen-bond acceptors (Lipinski definition) is 5. The molecule has 2 aliphatic rings. The van der Waals surface area contributed by atoms with Gasteiger partial charge in [0.05, 0.1) is 18.8 Å². The van der Waals surface area contributed by atoms with Crippen LogP contribution in [0.2, 0.25) is 0 Å². The third-order valence-electron chi connectivity index (χ3n) is 4.02. The van der Waals surface area contributed by atoms with Crippen molar-refractivity contribution >= 4 is 21.9 Å². The minimum atomic E-state index is -3.34. The Kier molecular flexibility index (Phi) is 4.54. The molecule has 9 heteroatoms. The predicted octanol–water partition coefficient (Wildman–Crippen LogP) is -0.982. The van der Waals surface area contributed by atoms with Gasteiger partial charge >= 0.3 is 5.97 Å². The van der Waals surface area contributed by atoms with Crippen LogP contribution >= 0.6 is 0 Å². The summed E-state index contributed by atoms with van der Waals surface area (Å²) < 4.78 is 29.4. The van der Waals surface area contributed by atoms with Gasteiger partial charge in [-0.25, -0.2) is 17.5 Å². The molecular formula is C12H20N2O6S. The number of nitrogens with one attached hydrogen (secondary N) is 1. The van der Waals surface area contributed by atoms with Crippen LogP contribution in [0.15, 0.2) is 0 Å². The highest BCUT2D eigenvalue weighted by Gasteiger charge is 2.45. The quantitative estimate of drug-likeness (QED) is 0.688. The lowest BCUT2D eigenvalue weighted by Gasteiger charge is -2.32. The van der Waals surface area contributed by atoms with Crippen LogP contribution in [0.3, 0.4) is 0 Å².